The first-order chi connectivity index (χ1) is 4.37. The van der Waals surface area contributed by atoms with Gasteiger partial charge in [-0.1, -0.05) is 43.6 Å². The molecule has 2 heteroatoms. The maximum Gasteiger partial charge on any atom is 0.127 e. The summed E-state index contributed by atoms with van der Waals surface area (Å²) in [6.07, 6.45) is 0.979. The molecule has 0 saturated carbocycles. The van der Waals surface area contributed by atoms with Gasteiger partial charge in [0.2, 0.25) is 0 Å². The van der Waals surface area contributed by atoms with Crippen LogP contribution in [0.1, 0.15) is 34.1 Å². The van der Waals surface area contributed by atoms with Crippen molar-refractivity contribution < 1.29 is 4.74 Å². The van der Waals surface area contributed by atoms with Gasteiger partial charge in [-0.3, -0.25) is 0 Å². The predicted molar refractivity (Wildman–Crippen MR) is 48.4 cm³/mol. The highest BCUT2D eigenvalue weighted by molar-refractivity contribution is 9.10. The number of methoxy groups -OCH3 is 1. The predicted octanol–water partition coefficient (Wildman–Crippen LogP) is 3.18. The van der Waals surface area contributed by atoms with Crippen LogP contribution in [0.5, 0.6) is 0 Å². The van der Waals surface area contributed by atoms with E-state index in [9.17, 15) is 0 Å². The first kappa shape index (κ1) is 10.4. The molecule has 0 aliphatic heterocycles. The van der Waals surface area contributed by atoms with Crippen LogP contribution in [0.15, 0.2) is 0 Å². The van der Waals surface area contributed by atoms with Crippen molar-refractivity contribution in [3.8, 4) is 0 Å². The molecule has 62 valence electrons. The van der Waals surface area contributed by atoms with Crippen LogP contribution in [0, 0.1) is 5.41 Å². The lowest BCUT2D eigenvalue weighted by Gasteiger charge is -2.37. The van der Waals surface area contributed by atoms with E-state index >= 15 is 0 Å². The van der Waals surface area contributed by atoms with Gasteiger partial charge in [-0.15, -0.1) is 0 Å². The fourth-order valence-corrected chi connectivity index (χ4v) is 0.981. The molecule has 1 atom stereocenters. The van der Waals surface area contributed by atoms with Gasteiger partial charge in [0, 0.05) is 12.5 Å². The Morgan fingerprint density at radius 3 is 1.70 bits per heavy atom. The molecule has 0 radical (unpaired) electrons. The molecule has 0 heterocycles. The molecule has 0 saturated heterocycles. The van der Waals surface area contributed by atoms with E-state index in [0.717, 1.165) is 6.42 Å². The number of hydrogen-bond acceptors (Lipinski definition) is 1. The lowest BCUT2D eigenvalue weighted by molar-refractivity contribution is -0.0109. The molecule has 0 N–H and O–H groups in total. The maximum absolute atomic E-state index is 5.37. The van der Waals surface area contributed by atoms with Crippen molar-refractivity contribution in [3.63, 3.8) is 0 Å². The summed E-state index contributed by atoms with van der Waals surface area (Å²) >= 11 is 3.58. The van der Waals surface area contributed by atoms with E-state index in [0.29, 0.717) is 0 Å². The molecular weight excluding hydrogens is 192 g/mol. The number of rotatable bonds is 2. The highest BCUT2D eigenvalue weighted by Crippen LogP contribution is 2.41. The average molecular weight is 209 g/mol. The topological polar surface area (TPSA) is 9.23 Å². The molecule has 0 amide bonds. The normalized spacial score (nSPS) is 18.6. The molecule has 0 aromatic rings. The van der Waals surface area contributed by atoms with E-state index in [1.165, 1.54) is 0 Å². The Balaban J connectivity index is 4.33. The van der Waals surface area contributed by atoms with Gasteiger partial charge in [0.15, 0.2) is 0 Å². The molecule has 1 nitrogen and oxygen atoms in total. The second-order valence-corrected chi connectivity index (χ2v) is 4.82. The molecule has 0 aliphatic carbocycles. The van der Waals surface area contributed by atoms with Gasteiger partial charge < -0.3 is 4.74 Å². The van der Waals surface area contributed by atoms with E-state index in [4.69, 9.17) is 4.74 Å². The zero-order valence-corrected chi connectivity index (χ0v) is 9.08. The van der Waals surface area contributed by atoms with Gasteiger partial charge in [0.1, 0.15) is 4.51 Å². The molecule has 0 aromatic carbocycles. The molecule has 0 spiro atoms. The average Bonchev–Trinajstić information content (AvgIpc) is 1.84. The fourth-order valence-electron chi connectivity index (χ4n) is 0.981. The van der Waals surface area contributed by atoms with Crippen molar-refractivity contribution in [1.82, 2.24) is 0 Å². The quantitative estimate of drug-likeness (QED) is 0.634. The fraction of sp³-hybridized carbons (Fsp3) is 1.00. The Morgan fingerprint density at radius 2 is 1.70 bits per heavy atom. The van der Waals surface area contributed by atoms with Gasteiger partial charge >= 0.3 is 0 Å². The van der Waals surface area contributed by atoms with Crippen molar-refractivity contribution in [2.45, 2.75) is 38.6 Å². The molecule has 0 fully saturated rings. The van der Waals surface area contributed by atoms with Crippen molar-refractivity contribution in [2.75, 3.05) is 7.11 Å². The molecule has 0 aromatic heterocycles. The second kappa shape index (κ2) is 3.22. The van der Waals surface area contributed by atoms with Crippen LogP contribution in [-0.4, -0.2) is 11.6 Å². The highest BCUT2D eigenvalue weighted by Gasteiger charge is 2.37. The molecule has 1 unspecified atom stereocenters. The molecule has 0 rings (SSSR count). The third-order valence-electron chi connectivity index (χ3n) is 1.90. The molecule has 10 heavy (non-hydrogen) atoms. The Hall–Kier alpha value is 0.440. The van der Waals surface area contributed by atoms with E-state index in [1.54, 1.807) is 7.11 Å². The van der Waals surface area contributed by atoms with Gasteiger partial charge in [-0.05, 0) is 6.42 Å². The SMILES string of the molecule is CCC(Br)(OC)C(C)(C)C. The molecule has 0 aliphatic rings. The van der Waals surface area contributed by atoms with Crippen molar-refractivity contribution in [1.29, 1.82) is 0 Å². The highest BCUT2D eigenvalue weighted by atomic mass is 79.9. The van der Waals surface area contributed by atoms with E-state index in [2.05, 4.69) is 43.6 Å². The third-order valence-corrected chi connectivity index (χ3v) is 3.97. The minimum Gasteiger partial charge on any atom is -0.366 e. The maximum atomic E-state index is 5.37. The minimum atomic E-state index is -0.167. The lowest BCUT2D eigenvalue weighted by Crippen LogP contribution is -2.37. The van der Waals surface area contributed by atoms with E-state index < -0.39 is 0 Å². The summed E-state index contributed by atoms with van der Waals surface area (Å²) in [5.74, 6) is 0. The largest absolute Gasteiger partial charge is 0.366 e. The van der Waals surface area contributed by atoms with Crippen molar-refractivity contribution in [3.05, 3.63) is 0 Å². The number of hydrogen-bond donors (Lipinski definition) is 0. The summed E-state index contributed by atoms with van der Waals surface area (Å²) in [5, 5.41) is 0. The summed E-state index contributed by atoms with van der Waals surface area (Å²) < 4.78 is 5.20. The van der Waals surface area contributed by atoms with Crippen LogP contribution >= 0.6 is 15.9 Å². The van der Waals surface area contributed by atoms with Crippen molar-refractivity contribution >= 4 is 15.9 Å². The van der Waals surface area contributed by atoms with Crippen LogP contribution in [0.3, 0.4) is 0 Å². The first-order valence-electron chi connectivity index (χ1n) is 3.61. The van der Waals surface area contributed by atoms with Gasteiger partial charge in [0.25, 0.3) is 0 Å². The van der Waals surface area contributed by atoms with E-state index in [-0.39, 0.29) is 9.93 Å². The van der Waals surface area contributed by atoms with Crippen LogP contribution < -0.4 is 0 Å². The Morgan fingerprint density at radius 1 is 1.30 bits per heavy atom. The summed E-state index contributed by atoms with van der Waals surface area (Å²) in [6.45, 7) is 8.60. The van der Waals surface area contributed by atoms with Gasteiger partial charge in [-0.2, -0.15) is 0 Å². The van der Waals surface area contributed by atoms with Crippen molar-refractivity contribution in [2.24, 2.45) is 5.41 Å². The van der Waals surface area contributed by atoms with Crippen LogP contribution in [-0.2, 0) is 4.74 Å². The first-order valence-corrected chi connectivity index (χ1v) is 4.41. The van der Waals surface area contributed by atoms with Gasteiger partial charge in [0.05, 0.1) is 0 Å². The lowest BCUT2D eigenvalue weighted by atomic mass is 9.87. The summed E-state index contributed by atoms with van der Waals surface area (Å²) in [7, 11) is 1.74. The summed E-state index contributed by atoms with van der Waals surface area (Å²) in [6, 6.07) is 0. The monoisotopic (exact) mass is 208 g/mol. The zero-order valence-electron chi connectivity index (χ0n) is 7.49. The number of alkyl halides is 1. The third kappa shape index (κ3) is 1.96. The van der Waals surface area contributed by atoms with Crippen LogP contribution in [0.2, 0.25) is 0 Å². The zero-order chi connectivity index (χ0) is 8.41. The molecule has 0 bridgehead atoms. The van der Waals surface area contributed by atoms with Crippen LogP contribution in [0.25, 0.3) is 0 Å². The smallest absolute Gasteiger partial charge is 0.127 e. The van der Waals surface area contributed by atoms with Gasteiger partial charge in [-0.25, -0.2) is 0 Å². The Kier molecular flexibility index (Phi) is 3.37. The number of ether oxygens (including phenoxy) is 1. The Bertz CT molecular complexity index is 100. The standard InChI is InChI=1S/C8H17BrO/c1-6-8(9,10-5)7(2,3)4/h6H2,1-5H3. The summed E-state index contributed by atoms with van der Waals surface area (Å²) in [4.78, 5) is 0. The second-order valence-electron chi connectivity index (χ2n) is 3.54. The number of halogens is 1. The molecular formula is C8H17BrO. The van der Waals surface area contributed by atoms with Crippen LogP contribution in [0.4, 0.5) is 0 Å². The Labute approximate surface area is 72.3 Å². The minimum absolute atomic E-state index is 0.149. The summed E-state index contributed by atoms with van der Waals surface area (Å²) in [5.41, 5.74) is 0.149. The van der Waals surface area contributed by atoms with E-state index in [1.807, 2.05) is 0 Å².